The van der Waals surface area contributed by atoms with E-state index < -0.39 is 0 Å². The van der Waals surface area contributed by atoms with Crippen LogP contribution in [0, 0.1) is 0 Å². The molecule has 0 fully saturated rings. The first-order valence-corrected chi connectivity index (χ1v) is 16.6. The van der Waals surface area contributed by atoms with Gasteiger partial charge in [-0.1, -0.05) is 122 Å². The molecule has 9 aromatic rings. The highest BCUT2D eigenvalue weighted by atomic mass is 16.5. The van der Waals surface area contributed by atoms with Gasteiger partial charge in [-0.3, -0.25) is 4.57 Å². The molecule has 0 radical (unpaired) electrons. The molecular weight excluding hydrogens is 585 g/mol. The number of benzene rings is 8. The lowest BCUT2D eigenvalue weighted by Crippen LogP contribution is -2.07. The lowest BCUT2D eigenvalue weighted by atomic mass is 9.84. The summed E-state index contributed by atoms with van der Waals surface area (Å²) in [5.74, 6) is 2.73. The number of fused-ring (bicyclic) bond motifs is 5. The van der Waals surface area contributed by atoms with Gasteiger partial charge in [0.1, 0.15) is 11.3 Å². The van der Waals surface area contributed by atoms with Crippen molar-refractivity contribution in [2.45, 2.75) is 13.3 Å². The van der Waals surface area contributed by atoms with Gasteiger partial charge in [0.15, 0.2) is 11.5 Å². The molecule has 1 aliphatic rings. The highest BCUT2D eigenvalue weighted by Crippen LogP contribution is 2.48. The Morgan fingerprint density at radius 2 is 1.19 bits per heavy atom. The van der Waals surface area contributed by atoms with Crippen molar-refractivity contribution >= 4 is 43.4 Å². The Morgan fingerprint density at radius 3 is 2.02 bits per heavy atom. The molecule has 1 aliphatic heterocycles. The molecule has 0 aliphatic carbocycles. The minimum absolute atomic E-state index is 0.836. The van der Waals surface area contributed by atoms with Crippen molar-refractivity contribution in [3.05, 3.63) is 157 Å². The van der Waals surface area contributed by atoms with Crippen LogP contribution in [0.3, 0.4) is 0 Å². The van der Waals surface area contributed by atoms with Crippen molar-refractivity contribution in [2.75, 3.05) is 0 Å². The third-order valence-corrected chi connectivity index (χ3v) is 9.90. The van der Waals surface area contributed by atoms with Crippen molar-refractivity contribution in [1.82, 2.24) is 9.55 Å². The Hall–Kier alpha value is -6.19. The fourth-order valence-corrected chi connectivity index (χ4v) is 7.73. The molecule has 1 aromatic heterocycles. The lowest BCUT2D eigenvalue weighted by Gasteiger charge is -2.23. The van der Waals surface area contributed by atoms with Gasteiger partial charge in [-0.25, -0.2) is 4.98 Å². The van der Waals surface area contributed by atoms with Crippen molar-refractivity contribution in [3.63, 3.8) is 0 Å². The van der Waals surface area contributed by atoms with Crippen LogP contribution in [0.1, 0.15) is 12.7 Å². The molecule has 3 heteroatoms. The second-order valence-corrected chi connectivity index (χ2v) is 12.6. The molecule has 0 saturated heterocycles. The van der Waals surface area contributed by atoms with E-state index in [2.05, 4.69) is 151 Å². The van der Waals surface area contributed by atoms with Gasteiger partial charge in [-0.2, -0.15) is 0 Å². The van der Waals surface area contributed by atoms with E-state index in [4.69, 9.17) is 9.72 Å². The fraction of sp³-hybridized carbons (Fsp3) is 0.0444. The largest absolute Gasteiger partial charge is 0.453 e. The summed E-state index contributed by atoms with van der Waals surface area (Å²) in [6, 6.07) is 54.8. The summed E-state index contributed by atoms with van der Waals surface area (Å²) in [6.07, 6.45) is 0.836. The topological polar surface area (TPSA) is 27.1 Å². The van der Waals surface area contributed by atoms with Gasteiger partial charge in [-0.05, 0) is 102 Å². The van der Waals surface area contributed by atoms with E-state index in [9.17, 15) is 0 Å². The molecule has 0 amide bonds. The second-order valence-electron chi connectivity index (χ2n) is 12.6. The standard InChI is InChI=1S/C45H30N2O/c1-2-42-46-38-17-10-18-40-45(38)47(42)39-24-22-33(27-41(39)48-40)44-35-16-9-8-15-34(35)43(32-20-19-29-13-6-7-14-30(29)25-32)36-23-21-31(26-37(36)44)28-11-4-3-5-12-28/h3-27H,2H2,1H3. The Kier molecular flexibility index (Phi) is 5.85. The molecule has 8 aromatic carbocycles. The molecule has 0 N–H and O–H groups in total. The molecule has 226 valence electrons. The maximum atomic E-state index is 6.66. The zero-order valence-electron chi connectivity index (χ0n) is 26.4. The average molecular weight is 615 g/mol. The quantitative estimate of drug-likeness (QED) is 0.184. The minimum Gasteiger partial charge on any atom is -0.453 e. The minimum atomic E-state index is 0.836. The second kappa shape index (κ2) is 10.4. The Balaban J connectivity index is 1.28. The van der Waals surface area contributed by atoms with E-state index in [1.165, 1.54) is 60.1 Å². The van der Waals surface area contributed by atoms with Crippen molar-refractivity contribution in [1.29, 1.82) is 0 Å². The van der Waals surface area contributed by atoms with E-state index in [0.717, 1.165) is 46.0 Å². The Bertz CT molecular complexity index is 2740. The highest BCUT2D eigenvalue weighted by molar-refractivity contribution is 6.22. The van der Waals surface area contributed by atoms with Crippen LogP contribution in [-0.2, 0) is 6.42 Å². The average Bonchev–Trinajstić information content (AvgIpc) is 3.54. The number of aryl methyl sites for hydroxylation is 1. The van der Waals surface area contributed by atoms with Crippen molar-refractivity contribution in [3.8, 4) is 50.6 Å². The smallest absolute Gasteiger partial charge is 0.153 e. The summed E-state index contributed by atoms with van der Waals surface area (Å²) < 4.78 is 8.94. The third-order valence-electron chi connectivity index (χ3n) is 9.90. The summed E-state index contributed by atoms with van der Waals surface area (Å²) in [6.45, 7) is 2.16. The number of nitrogens with zero attached hydrogens (tertiary/aromatic N) is 2. The number of aromatic nitrogens is 2. The van der Waals surface area contributed by atoms with Crippen LogP contribution in [0.4, 0.5) is 0 Å². The number of rotatable bonds is 4. The van der Waals surface area contributed by atoms with Crippen LogP contribution in [0.15, 0.2) is 152 Å². The van der Waals surface area contributed by atoms with E-state index in [1.807, 2.05) is 12.1 Å². The molecular formula is C45H30N2O. The van der Waals surface area contributed by atoms with Gasteiger partial charge in [0.25, 0.3) is 0 Å². The number of hydrogen-bond donors (Lipinski definition) is 0. The third kappa shape index (κ3) is 3.98. The molecule has 0 bridgehead atoms. The number of hydrogen-bond acceptors (Lipinski definition) is 2. The van der Waals surface area contributed by atoms with Crippen LogP contribution in [0.25, 0.3) is 82.4 Å². The zero-order chi connectivity index (χ0) is 31.8. The van der Waals surface area contributed by atoms with E-state index >= 15 is 0 Å². The Labute approximate surface area is 278 Å². The monoisotopic (exact) mass is 614 g/mol. The van der Waals surface area contributed by atoms with Crippen LogP contribution >= 0.6 is 0 Å². The lowest BCUT2D eigenvalue weighted by molar-refractivity contribution is 0.474. The maximum absolute atomic E-state index is 6.66. The van der Waals surface area contributed by atoms with E-state index in [0.29, 0.717) is 0 Å². The van der Waals surface area contributed by atoms with Gasteiger partial charge in [0.2, 0.25) is 0 Å². The maximum Gasteiger partial charge on any atom is 0.153 e. The predicted octanol–water partition coefficient (Wildman–Crippen LogP) is 12.2. The summed E-state index contributed by atoms with van der Waals surface area (Å²) in [7, 11) is 0. The molecule has 0 spiro atoms. The first-order chi connectivity index (χ1) is 23.7. The summed E-state index contributed by atoms with van der Waals surface area (Å²) in [5, 5.41) is 7.38. The zero-order valence-corrected chi connectivity index (χ0v) is 26.4. The first-order valence-electron chi connectivity index (χ1n) is 16.6. The number of imidazole rings is 1. The van der Waals surface area contributed by atoms with Crippen molar-refractivity contribution < 1.29 is 4.74 Å². The highest BCUT2D eigenvalue weighted by Gasteiger charge is 2.25. The van der Waals surface area contributed by atoms with Gasteiger partial charge >= 0.3 is 0 Å². The predicted molar refractivity (Wildman–Crippen MR) is 199 cm³/mol. The summed E-state index contributed by atoms with van der Waals surface area (Å²) >= 11 is 0. The molecule has 3 nitrogen and oxygen atoms in total. The number of ether oxygens (including phenoxy) is 1. The van der Waals surface area contributed by atoms with Crippen LogP contribution in [-0.4, -0.2) is 9.55 Å². The van der Waals surface area contributed by atoms with Crippen LogP contribution in [0.2, 0.25) is 0 Å². The molecule has 0 saturated carbocycles. The Morgan fingerprint density at radius 1 is 0.500 bits per heavy atom. The van der Waals surface area contributed by atoms with Gasteiger partial charge in [0.05, 0.1) is 11.2 Å². The molecule has 48 heavy (non-hydrogen) atoms. The molecule has 10 rings (SSSR count). The molecule has 2 heterocycles. The first kappa shape index (κ1) is 27.0. The van der Waals surface area contributed by atoms with E-state index in [1.54, 1.807) is 0 Å². The normalized spacial score (nSPS) is 12.1. The van der Waals surface area contributed by atoms with Gasteiger partial charge < -0.3 is 4.74 Å². The molecule has 0 unspecified atom stereocenters. The molecule has 0 atom stereocenters. The summed E-state index contributed by atoms with van der Waals surface area (Å²) in [4.78, 5) is 4.94. The van der Waals surface area contributed by atoms with Crippen molar-refractivity contribution in [2.24, 2.45) is 0 Å². The summed E-state index contributed by atoms with van der Waals surface area (Å²) in [5.41, 5.74) is 10.2. The number of para-hydroxylation sites is 1. The van der Waals surface area contributed by atoms with Crippen LogP contribution < -0.4 is 4.74 Å². The van der Waals surface area contributed by atoms with Gasteiger partial charge in [0, 0.05) is 6.42 Å². The van der Waals surface area contributed by atoms with Gasteiger partial charge in [-0.15, -0.1) is 0 Å². The SMILES string of the molecule is CCc1nc2cccc3c2n1-c1ccc(-c2c4ccccc4c(-c4ccc5ccccc5c4)c4ccc(-c5ccccc5)cc24)cc1O3. The fourth-order valence-electron chi connectivity index (χ4n) is 7.73. The van der Waals surface area contributed by atoms with E-state index in [-0.39, 0.29) is 0 Å². The van der Waals surface area contributed by atoms with Crippen LogP contribution in [0.5, 0.6) is 11.5 Å².